The van der Waals surface area contributed by atoms with Gasteiger partial charge in [0.05, 0.1) is 5.56 Å². The van der Waals surface area contributed by atoms with Gasteiger partial charge in [-0.3, -0.25) is 0 Å². The molecule has 0 radical (unpaired) electrons. The van der Waals surface area contributed by atoms with E-state index in [2.05, 4.69) is 20.9 Å². The van der Waals surface area contributed by atoms with E-state index in [9.17, 15) is 9.59 Å². The van der Waals surface area contributed by atoms with Crippen molar-refractivity contribution < 1.29 is 19.1 Å². The Bertz CT molecular complexity index is 1140. The minimum Gasteiger partial charge on any atom is -0.422 e. The zero-order chi connectivity index (χ0) is 20.2. The first-order chi connectivity index (χ1) is 14.1. The second-order valence-electron chi connectivity index (χ2n) is 6.14. The molecule has 0 amide bonds. The SMILES string of the molecule is O=C1OC(c2ccccc2)=N/C1=C/c1cc(Br)ccc1OC(=O)c1ccccc1. The molecule has 0 saturated heterocycles. The molecule has 0 fully saturated rings. The topological polar surface area (TPSA) is 65.0 Å². The van der Waals surface area contributed by atoms with Crippen LogP contribution in [0.15, 0.2) is 94.0 Å². The van der Waals surface area contributed by atoms with Crippen molar-refractivity contribution in [3.63, 3.8) is 0 Å². The average molecular weight is 448 g/mol. The number of aliphatic imine (C=N–C) groups is 1. The van der Waals surface area contributed by atoms with Crippen molar-refractivity contribution in [3.05, 3.63) is 106 Å². The molecule has 5 nitrogen and oxygen atoms in total. The quantitative estimate of drug-likeness (QED) is 0.320. The molecule has 1 heterocycles. The van der Waals surface area contributed by atoms with E-state index in [1.807, 2.05) is 24.3 Å². The number of halogens is 1. The van der Waals surface area contributed by atoms with Crippen LogP contribution in [-0.4, -0.2) is 17.8 Å². The molecule has 0 bridgehead atoms. The minimum atomic E-state index is -0.566. The molecule has 1 aliphatic rings. The van der Waals surface area contributed by atoms with E-state index >= 15 is 0 Å². The Hall–Kier alpha value is -3.51. The summed E-state index contributed by atoms with van der Waals surface area (Å²) in [6.07, 6.45) is 1.54. The van der Waals surface area contributed by atoms with Crippen LogP contribution in [0.2, 0.25) is 0 Å². The fraction of sp³-hybridized carbons (Fsp3) is 0. The molecular weight excluding hydrogens is 434 g/mol. The Kier molecular flexibility index (Phi) is 5.35. The van der Waals surface area contributed by atoms with Crippen LogP contribution in [0.1, 0.15) is 21.5 Å². The highest BCUT2D eigenvalue weighted by Crippen LogP contribution is 2.28. The summed E-state index contributed by atoms with van der Waals surface area (Å²) >= 11 is 3.40. The smallest absolute Gasteiger partial charge is 0.363 e. The van der Waals surface area contributed by atoms with Crippen LogP contribution in [0.25, 0.3) is 6.08 Å². The molecule has 29 heavy (non-hydrogen) atoms. The number of hydrogen-bond donors (Lipinski definition) is 0. The van der Waals surface area contributed by atoms with E-state index in [-0.39, 0.29) is 11.6 Å². The summed E-state index contributed by atoms with van der Waals surface area (Å²) in [5, 5.41) is 0. The molecule has 0 unspecified atom stereocenters. The van der Waals surface area contributed by atoms with E-state index in [1.165, 1.54) is 6.08 Å². The van der Waals surface area contributed by atoms with Gasteiger partial charge < -0.3 is 9.47 Å². The van der Waals surface area contributed by atoms with Crippen molar-refractivity contribution in [1.82, 2.24) is 0 Å². The summed E-state index contributed by atoms with van der Waals surface area (Å²) in [6.45, 7) is 0. The lowest BCUT2D eigenvalue weighted by atomic mass is 10.1. The maximum absolute atomic E-state index is 12.4. The van der Waals surface area contributed by atoms with Crippen LogP contribution in [0.3, 0.4) is 0 Å². The van der Waals surface area contributed by atoms with E-state index in [4.69, 9.17) is 9.47 Å². The lowest BCUT2D eigenvalue weighted by molar-refractivity contribution is -0.129. The van der Waals surface area contributed by atoms with Crippen LogP contribution >= 0.6 is 15.9 Å². The maximum Gasteiger partial charge on any atom is 0.363 e. The Balaban J connectivity index is 1.66. The zero-order valence-electron chi connectivity index (χ0n) is 15.0. The van der Waals surface area contributed by atoms with Crippen molar-refractivity contribution >= 4 is 39.8 Å². The standard InChI is InChI=1S/C23H14BrNO4/c24-18-11-12-20(28-22(26)16-9-5-2-6-10-16)17(13-18)14-19-23(27)29-21(25-19)15-7-3-1-4-8-15/h1-14H/b19-14+. The Morgan fingerprint density at radius 2 is 1.66 bits per heavy atom. The molecule has 0 atom stereocenters. The van der Waals surface area contributed by atoms with Crippen molar-refractivity contribution in [3.8, 4) is 5.75 Å². The molecule has 142 valence electrons. The third-order valence-corrected chi connectivity index (χ3v) is 4.61. The average Bonchev–Trinajstić information content (AvgIpc) is 3.11. The van der Waals surface area contributed by atoms with Gasteiger partial charge in [0.25, 0.3) is 0 Å². The fourth-order valence-electron chi connectivity index (χ4n) is 2.72. The predicted molar refractivity (Wildman–Crippen MR) is 113 cm³/mol. The summed E-state index contributed by atoms with van der Waals surface area (Å²) < 4.78 is 11.6. The highest BCUT2D eigenvalue weighted by Gasteiger charge is 2.24. The predicted octanol–water partition coefficient (Wildman–Crippen LogP) is 5.01. The van der Waals surface area contributed by atoms with Gasteiger partial charge in [0.15, 0.2) is 5.70 Å². The second-order valence-corrected chi connectivity index (χ2v) is 7.06. The molecule has 0 aromatic heterocycles. The van der Waals surface area contributed by atoms with Gasteiger partial charge in [-0.2, -0.15) is 0 Å². The molecule has 0 N–H and O–H groups in total. The fourth-order valence-corrected chi connectivity index (χ4v) is 3.10. The maximum atomic E-state index is 12.4. The first-order valence-electron chi connectivity index (χ1n) is 8.75. The molecule has 1 aliphatic heterocycles. The minimum absolute atomic E-state index is 0.124. The van der Waals surface area contributed by atoms with Crippen LogP contribution in [0.5, 0.6) is 5.75 Å². The van der Waals surface area contributed by atoms with Gasteiger partial charge in [-0.15, -0.1) is 0 Å². The molecule has 3 aromatic carbocycles. The molecule has 0 spiro atoms. The molecule has 0 saturated carbocycles. The van der Waals surface area contributed by atoms with Gasteiger partial charge in [0.1, 0.15) is 5.75 Å². The lowest BCUT2D eigenvalue weighted by Gasteiger charge is -2.08. The third-order valence-electron chi connectivity index (χ3n) is 4.12. The van der Waals surface area contributed by atoms with Crippen molar-refractivity contribution in [1.29, 1.82) is 0 Å². The highest BCUT2D eigenvalue weighted by atomic mass is 79.9. The second kappa shape index (κ2) is 8.24. The summed E-state index contributed by atoms with van der Waals surface area (Å²) in [5.41, 5.74) is 1.78. The van der Waals surface area contributed by atoms with Gasteiger partial charge in [0.2, 0.25) is 5.90 Å². The molecule has 4 rings (SSSR count). The number of esters is 2. The Morgan fingerprint density at radius 3 is 2.38 bits per heavy atom. The van der Waals surface area contributed by atoms with E-state index in [1.54, 1.807) is 54.6 Å². The third kappa shape index (κ3) is 4.33. The summed E-state index contributed by atoms with van der Waals surface area (Å²) in [4.78, 5) is 29.0. The normalized spacial score (nSPS) is 14.4. The first-order valence-corrected chi connectivity index (χ1v) is 9.54. The van der Waals surface area contributed by atoms with E-state index < -0.39 is 11.9 Å². The first kappa shape index (κ1) is 18.8. The number of rotatable bonds is 4. The molecule has 0 aliphatic carbocycles. The highest BCUT2D eigenvalue weighted by molar-refractivity contribution is 9.10. The lowest BCUT2D eigenvalue weighted by Crippen LogP contribution is -2.09. The van der Waals surface area contributed by atoms with E-state index in [0.717, 1.165) is 4.47 Å². The monoisotopic (exact) mass is 447 g/mol. The summed E-state index contributed by atoms with van der Waals surface area (Å²) in [5.74, 6) is -0.510. The molecule has 3 aromatic rings. The largest absolute Gasteiger partial charge is 0.422 e. The van der Waals surface area contributed by atoms with Crippen molar-refractivity contribution in [2.45, 2.75) is 0 Å². The number of benzene rings is 3. The van der Waals surface area contributed by atoms with Crippen LogP contribution < -0.4 is 4.74 Å². The van der Waals surface area contributed by atoms with E-state index in [0.29, 0.717) is 22.4 Å². The molecular formula is C23H14BrNO4. The Labute approximate surface area is 175 Å². The summed E-state index contributed by atoms with van der Waals surface area (Å²) in [7, 11) is 0. The number of hydrogen-bond acceptors (Lipinski definition) is 5. The van der Waals surface area contributed by atoms with Crippen LogP contribution in [0.4, 0.5) is 0 Å². The molecule has 6 heteroatoms. The van der Waals surface area contributed by atoms with Crippen LogP contribution in [0, 0.1) is 0 Å². The van der Waals surface area contributed by atoms with Crippen molar-refractivity contribution in [2.24, 2.45) is 4.99 Å². The van der Waals surface area contributed by atoms with Gasteiger partial charge in [-0.1, -0.05) is 52.3 Å². The van der Waals surface area contributed by atoms with Gasteiger partial charge >= 0.3 is 11.9 Å². The van der Waals surface area contributed by atoms with Gasteiger partial charge in [0, 0.05) is 15.6 Å². The number of carbonyl (C=O) groups excluding carboxylic acids is 2. The Morgan fingerprint density at radius 1 is 0.966 bits per heavy atom. The summed E-state index contributed by atoms with van der Waals surface area (Å²) in [6, 6.07) is 23.0. The van der Waals surface area contributed by atoms with Crippen molar-refractivity contribution in [2.75, 3.05) is 0 Å². The number of nitrogens with zero attached hydrogens (tertiary/aromatic N) is 1. The number of cyclic esters (lactones) is 1. The van der Waals surface area contributed by atoms with Gasteiger partial charge in [-0.05, 0) is 48.5 Å². The van der Waals surface area contributed by atoms with Gasteiger partial charge in [-0.25, -0.2) is 14.6 Å². The number of carbonyl (C=O) groups is 2. The number of ether oxygens (including phenoxy) is 2. The van der Waals surface area contributed by atoms with Crippen LogP contribution in [-0.2, 0) is 9.53 Å². The zero-order valence-corrected chi connectivity index (χ0v) is 16.6.